The summed E-state index contributed by atoms with van der Waals surface area (Å²) in [6, 6.07) is 15.5. The van der Waals surface area contributed by atoms with Gasteiger partial charge < -0.3 is 9.47 Å². The number of methoxy groups -OCH3 is 2. The van der Waals surface area contributed by atoms with Crippen molar-refractivity contribution in [3.63, 3.8) is 0 Å². The summed E-state index contributed by atoms with van der Waals surface area (Å²) in [7, 11) is 3.05. The maximum absolute atomic E-state index is 11.8. The fraction of sp³-hybridized carbons (Fsp3) is 0.118. The van der Waals surface area contributed by atoms with E-state index in [1.54, 1.807) is 13.2 Å². The number of esters is 1. The summed E-state index contributed by atoms with van der Waals surface area (Å²) in [5.41, 5.74) is 0.586. The SMILES string of the molecule is COC(=O)c1cccc2c1ccc1cc(OC)ccc12. The first-order valence-electron chi connectivity index (χ1n) is 6.32. The quantitative estimate of drug-likeness (QED) is 0.523. The lowest BCUT2D eigenvalue weighted by Gasteiger charge is -2.09. The van der Waals surface area contributed by atoms with E-state index < -0.39 is 0 Å². The van der Waals surface area contributed by atoms with Crippen molar-refractivity contribution >= 4 is 27.5 Å². The lowest BCUT2D eigenvalue weighted by Crippen LogP contribution is -2.01. The monoisotopic (exact) mass is 266 g/mol. The van der Waals surface area contributed by atoms with E-state index in [-0.39, 0.29) is 5.97 Å². The summed E-state index contributed by atoms with van der Waals surface area (Å²) in [5, 5.41) is 4.11. The lowest BCUT2D eigenvalue weighted by molar-refractivity contribution is 0.0603. The second-order valence-electron chi connectivity index (χ2n) is 4.54. The molecule has 0 aliphatic rings. The average molecular weight is 266 g/mol. The normalized spacial score (nSPS) is 10.7. The van der Waals surface area contributed by atoms with Gasteiger partial charge in [0.2, 0.25) is 0 Å². The van der Waals surface area contributed by atoms with Gasteiger partial charge in [0.25, 0.3) is 0 Å². The molecule has 0 aliphatic carbocycles. The van der Waals surface area contributed by atoms with Crippen molar-refractivity contribution in [2.24, 2.45) is 0 Å². The summed E-state index contributed by atoms with van der Waals surface area (Å²) in [6.45, 7) is 0. The van der Waals surface area contributed by atoms with Crippen LogP contribution in [0.5, 0.6) is 5.75 Å². The first kappa shape index (κ1) is 12.5. The highest BCUT2D eigenvalue weighted by Crippen LogP contribution is 2.30. The van der Waals surface area contributed by atoms with E-state index in [0.717, 1.165) is 27.3 Å². The van der Waals surface area contributed by atoms with Gasteiger partial charge >= 0.3 is 5.97 Å². The van der Waals surface area contributed by atoms with E-state index in [9.17, 15) is 4.79 Å². The van der Waals surface area contributed by atoms with Gasteiger partial charge in [0.05, 0.1) is 19.8 Å². The Kier molecular flexibility index (Phi) is 3.03. The molecule has 0 atom stereocenters. The minimum Gasteiger partial charge on any atom is -0.497 e. The zero-order chi connectivity index (χ0) is 14.1. The van der Waals surface area contributed by atoms with Crippen LogP contribution >= 0.6 is 0 Å². The fourth-order valence-electron chi connectivity index (χ4n) is 2.49. The number of fused-ring (bicyclic) bond motifs is 3. The van der Waals surface area contributed by atoms with Crippen molar-refractivity contribution in [3.05, 3.63) is 54.1 Å². The number of hydrogen-bond acceptors (Lipinski definition) is 3. The van der Waals surface area contributed by atoms with Gasteiger partial charge in [-0.2, -0.15) is 0 Å². The molecule has 0 bridgehead atoms. The second-order valence-corrected chi connectivity index (χ2v) is 4.54. The molecular formula is C17H14O3. The molecule has 0 aromatic heterocycles. The topological polar surface area (TPSA) is 35.5 Å². The first-order chi connectivity index (χ1) is 9.74. The van der Waals surface area contributed by atoms with Crippen LogP contribution in [0.3, 0.4) is 0 Å². The molecule has 20 heavy (non-hydrogen) atoms. The van der Waals surface area contributed by atoms with E-state index in [1.807, 2.05) is 42.5 Å². The summed E-state index contributed by atoms with van der Waals surface area (Å²) in [6.07, 6.45) is 0. The van der Waals surface area contributed by atoms with Crippen LogP contribution in [0.1, 0.15) is 10.4 Å². The Balaban J connectivity index is 2.35. The summed E-state index contributed by atoms with van der Waals surface area (Å²) in [4.78, 5) is 11.8. The van der Waals surface area contributed by atoms with E-state index >= 15 is 0 Å². The van der Waals surface area contributed by atoms with Gasteiger partial charge in [-0.1, -0.05) is 30.3 Å². The Hall–Kier alpha value is -2.55. The Bertz CT molecular complexity index is 806. The molecule has 0 amide bonds. The first-order valence-corrected chi connectivity index (χ1v) is 6.32. The molecule has 0 radical (unpaired) electrons. The number of ether oxygens (including phenoxy) is 2. The van der Waals surface area contributed by atoms with Crippen molar-refractivity contribution in [1.29, 1.82) is 0 Å². The molecule has 0 saturated carbocycles. The average Bonchev–Trinajstić information content (AvgIpc) is 2.52. The molecule has 3 aromatic rings. The highest BCUT2D eigenvalue weighted by Gasteiger charge is 2.11. The van der Waals surface area contributed by atoms with Crippen LogP contribution in [-0.2, 0) is 4.74 Å². The van der Waals surface area contributed by atoms with E-state index in [4.69, 9.17) is 9.47 Å². The standard InChI is InChI=1S/C17H14O3/c1-19-12-7-9-13-11(10-12)6-8-15-14(13)4-3-5-16(15)17(18)20-2/h3-10H,1-2H3. The molecule has 0 N–H and O–H groups in total. The fourth-order valence-corrected chi connectivity index (χ4v) is 2.49. The number of carbonyl (C=O) groups is 1. The zero-order valence-corrected chi connectivity index (χ0v) is 11.3. The molecule has 3 heteroatoms. The third-order valence-electron chi connectivity index (χ3n) is 3.49. The van der Waals surface area contributed by atoms with Crippen LogP contribution in [0.4, 0.5) is 0 Å². The Morgan fingerprint density at radius 2 is 1.70 bits per heavy atom. The van der Waals surface area contributed by atoms with Crippen molar-refractivity contribution in [2.75, 3.05) is 14.2 Å². The van der Waals surface area contributed by atoms with Crippen LogP contribution in [0.2, 0.25) is 0 Å². The Labute approximate surface area is 116 Å². The summed E-state index contributed by atoms with van der Waals surface area (Å²) < 4.78 is 10.1. The highest BCUT2D eigenvalue weighted by atomic mass is 16.5. The van der Waals surface area contributed by atoms with Crippen LogP contribution in [0.15, 0.2) is 48.5 Å². The number of carbonyl (C=O) groups excluding carboxylic acids is 1. The predicted octanol–water partition coefficient (Wildman–Crippen LogP) is 3.79. The van der Waals surface area contributed by atoms with Gasteiger partial charge in [-0.05, 0) is 39.7 Å². The second kappa shape index (κ2) is 4.85. The van der Waals surface area contributed by atoms with Crippen LogP contribution in [-0.4, -0.2) is 20.2 Å². The van der Waals surface area contributed by atoms with Gasteiger partial charge in [-0.25, -0.2) is 4.79 Å². The molecule has 100 valence electrons. The Morgan fingerprint density at radius 3 is 2.45 bits per heavy atom. The van der Waals surface area contributed by atoms with Gasteiger partial charge in [0.15, 0.2) is 0 Å². The van der Waals surface area contributed by atoms with E-state index in [1.165, 1.54) is 7.11 Å². The largest absolute Gasteiger partial charge is 0.497 e. The maximum Gasteiger partial charge on any atom is 0.338 e. The van der Waals surface area contributed by atoms with Crippen molar-refractivity contribution in [1.82, 2.24) is 0 Å². The van der Waals surface area contributed by atoms with Gasteiger partial charge in [-0.3, -0.25) is 0 Å². The molecule has 0 spiro atoms. The van der Waals surface area contributed by atoms with Crippen LogP contribution in [0, 0.1) is 0 Å². The number of rotatable bonds is 2. The minimum absolute atomic E-state index is 0.316. The van der Waals surface area contributed by atoms with E-state index in [2.05, 4.69) is 0 Å². The molecule has 0 unspecified atom stereocenters. The lowest BCUT2D eigenvalue weighted by atomic mass is 9.98. The van der Waals surface area contributed by atoms with Crippen LogP contribution in [0.25, 0.3) is 21.5 Å². The predicted molar refractivity (Wildman–Crippen MR) is 79.3 cm³/mol. The smallest absolute Gasteiger partial charge is 0.338 e. The number of benzene rings is 3. The van der Waals surface area contributed by atoms with Crippen LogP contribution < -0.4 is 4.74 Å². The molecule has 0 fully saturated rings. The third-order valence-corrected chi connectivity index (χ3v) is 3.49. The molecule has 3 nitrogen and oxygen atoms in total. The van der Waals surface area contributed by atoms with Crippen molar-refractivity contribution in [3.8, 4) is 5.75 Å². The van der Waals surface area contributed by atoms with E-state index in [0.29, 0.717) is 5.56 Å². The van der Waals surface area contributed by atoms with Crippen molar-refractivity contribution in [2.45, 2.75) is 0 Å². The molecule has 0 aliphatic heterocycles. The minimum atomic E-state index is -0.316. The molecular weight excluding hydrogens is 252 g/mol. The maximum atomic E-state index is 11.8. The zero-order valence-electron chi connectivity index (χ0n) is 11.3. The number of hydrogen-bond donors (Lipinski definition) is 0. The molecule has 0 heterocycles. The van der Waals surface area contributed by atoms with Gasteiger partial charge in [-0.15, -0.1) is 0 Å². The van der Waals surface area contributed by atoms with Gasteiger partial charge in [0.1, 0.15) is 5.75 Å². The highest BCUT2D eigenvalue weighted by molar-refractivity contribution is 6.14. The molecule has 3 rings (SSSR count). The molecule has 3 aromatic carbocycles. The van der Waals surface area contributed by atoms with Crippen molar-refractivity contribution < 1.29 is 14.3 Å². The van der Waals surface area contributed by atoms with Gasteiger partial charge in [0, 0.05) is 0 Å². The summed E-state index contributed by atoms with van der Waals surface area (Å²) >= 11 is 0. The molecule has 0 saturated heterocycles. The Morgan fingerprint density at radius 1 is 0.900 bits per heavy atom. The summed E-state index contributed by atoms with van der Waals surface area (Å²) in [5.74, 6) is 0.504. The third kappa shape index (κ3) is 1.88.